The van der Waals surface area contributed by atoms with Crippen LogP contribution in [0.15, 0.2) is 11.4 Å². The number of rotatable bonds is 2. The minimum absolute atomic E-state index is 0.128. The van der Waals surface area contributed by atoms with Gasteiger partial charge in [-0.3, -0.25) is 9.59 Å². The smallest absolute Gasteiger partial charge is 0.225 e. The fraction of sp³-hybridized carbons (Fsp3) is 0.500. The van der Waals surface area contributed by atoms with E-state index in [9.17, 15) is 9.59 Å². The highest BCUT2D eigenvalue weighted by molar-refractivity contribution is 7.12. The second-order valence-corrected chi connectivity index (χ2v) is 5.52. The molecule has 17 heavy (non-hydrogen) atoms. The lowest BCUT2D eigenvalue weighted by Gasteiger charge is -2.37. The number of carbonyl (C=O) groups excluding carboxylic acids is 2. The van der Waals surface area contributed by atoms with Gasteiger partial charge in [0.15, 0.2) is 6.29 Å². The topological polar surface area (TPSA) is 49.4 Å². The average molecular weight is 250 g/mol. The van der Waals surface area contributed by atoms with E-state index in [1.165, 1.54) is 11.3 Å². The van der Waals surface area contributed by atoms with Crippen LogP contribution in [0.4, 0.5) is 5.69 Å². The molecular formula is C12H14N2O2S. The van der Waals surface area contributed by atoms with Crippen LogP contribution in [0, 0.1) is 5.92 Å². The third-order valence-corrected chi connectivity index (χ3v) is 4.50. The average Bonchev–Trinajstić information content (AvgIpc) is 2.96. The van der Waals surface area contributed by atoms with Gasteiger partial charge in [-0.1, -0.05) is 0 Å². The van der Waals surface area contributed by atoms with Crippen molar-refractivity contribution in [1.82, 2.24) is 5.32 Å². The SMILES string of the molecule is O=Cc1cc(N2CCCC3C(=O)NCC32)cs1. The molecule has 0 radical (unpaired) electrons. The predicted molar refractivity (Wildman–Crippen MR) is 66.6 cm³/mol. The Kier molecular flexibility index (Phi) is 2.63. The molecule has 2 aliphatic heterocycles. The zero-order valence-electron chi connectivity index (χ0n) is 9.39. The number of nitrogens with zero attached hydrogens (tertiary/aromatic N) is 1. The number of amides is 1. The van der Waals surface area contributed by atoms with Crippen LogP contribution in [0.3, 0.4) is 0 Å². The van der Waals surface area contributed by atoms with Crippen LogP contribution in [0.5, 0.6) is 0 Å². The number of thiophene rings is 1. The van der Waals surface area contributed by atoms with Gasteiger partial charge in [0.2, 0.25) is 5.91 Å². The zero-order chi connectivity index (χ0) is 11.8. The van der Waals surface area contributed by atoms with E-state index in [0.29, 0.717) is 0 Å². The summed E-state index contributed by atoms with van der Waals surface area (Å²) in [5.74, 6) is 0.314. The van der Waals surface area contributed by atoms with Gasteiger partial charge in [-0.25, -0.2) is 0 Å². The number of nitrogens with one attached hydrogen (secondary N) is 1. The van der Waals surface area contributed by atoms with Crippen molar-refractivity contribution in [2.45, 2.75) is 18.9 Å². The number of hydrogen-bond acceptors (Lipinski definition) is 4. The molecule has 2 unspecified atom stereocenters. The number of anilines is 1. The first kappa shape index (κ1) is 10.8. The lowest BCUT2D eigenvalue weighted by atomic mass is 9.91. The summed E-state index contributed by atoms with van der Waals surface area (Å²) in [4.78, 5) is 25.4. The van der Waals surface area contributed by atoms with E-state index in [2.05, 4.69) is 10.2 Å². The van der Waals surface area contributed by atoms with Crippen molar-refractivity contribution in [2.75, 3.05) is 18.0 Å². The molecule has 2 aliphatic rings. The van der Waals surface area contributed by atoms with Crippen LogP contribution >= 0.6 is 11.3 Å². The highest BCUT2D eigenvalue weighted by Crippen LogP contribution is 2.33. The summed E-state index contributed by atoms with van der Waals surface area (Å²) in [6, 6.07) is 2.19. The van der Waals surface area contributed by atoms with Gasteiger partial charge in [-0.15, -0.1) is 11.3 Å². The number of piperidine rings is 1. The highest BCUT2D eigenvalue weighted by atomic mass is 32.1. The van der Waals surface area contributed by atoms with Gasteiger partial charge in [0.25, 0.3) is 0 Å². The molecule has 1 N–H and O–H groups in total. The predicted octanol–water partition coefficient (Wildman–Crippen LogP) is 1.28. The monoisotopic (exact) mass is 250 g/mol. The van der Waals surface area contributed by atoms with E-state index in [1.807, 2.05) is 11.4 Å². The molecule has 2 saturated heterocycles. The first-order chi connectivity index (χ1) is 8.29. The van der Waals surface area contributed by atoms with Crippen LogP contribution in [-0.2, 0) is 4.79 Å². The van der Waals surface area contributed by atoms with Gasteiger partial charge < -0.3 is 10.2 Å². The van der Waals surface area contributed by atoms with Crippen LogP contribution < -0.4 is 10.2 Å². The van der Waals surface area contributed by atoms with Crippen molar-refractivity contribution in [1.29, 1.82) is 0 Å². The molecule has 1 aromatic rings. The Hall–Kier alpha value is -1.36. The standard InChI is InChI=1S/C12H14N2O2S/c15-6-9-4-8(7-17-9)14-3-1-2-10-11(14)5-13-12(10)16/h4,6-7,10-11H,1-3,5H2,(H,13,16). The van der Waals surface area contributed by atoms with E-state index in [4.69, 9.17) is 0 Å². The van der Waals surface area contributed by atoms with Crippen LogP contribution in [0.25, 0.3) is 0 Å². The quantitative estimate of drug-likeness (QED) is 0.804. The molecule has 0 aliphatic carbocycles. The van der Waals surface area contributed by atoms with Crippen LogP contribution in [0.2, 0.25) is 0 Å². The Morgan fingerprint density at radius 3 is 3.18 bits per heavy atom. The van der Waals surface area contributed by atoms with Gasteiger partial charge >= 0.3 is 0 Å². The summed E-state index contributed by atoms with van der Waals surface area (Å²) in [5, 5.41) is 4.94. The fourth-order valence-electron chi connectivity index (χ4n) is 2.83. The largest absolute Gasteiger partial charge is 0.365 e. The summed E-state index contributed by atoms with van der Waals surface area (Å²) in [6.07, 6.45) is 2.91. The number of hydrogen-bond donors (Lipinski definition) is 1. The number of fused-ring (bicyclic) bond motifs is 1. The van der Waals surface area contributed by atoms with Crippen molar-refractivity contribution < 1.29 is 9.59 Å². The van der Waals surface area contributed by atoms with Gasteiger partial charge in [0, 0.05) is 24.2 Å². The Balaban J connectivity index is 1.87. The Morgan fingerprint density at radius 2 is 2.41 bits per heavy atom. The van der Waals surface area contributed by atoms with E-state index in [-0.39, 0.29) is 17.9 Å². The summed E-state index contributed by atoms with van der Waals surface area (Å²) in [5.41, 5.74) is 1.09. The maximum absolute atomic E-state index is 11.7. The molecule has 5 heteroatoms. The fourth-order valence-corrected chi connectivity index (χ4v) is 3.53. The second kappa shape index (κ2) is 4.14. The van der Waals surface area contributed by atoms with Crippen LogP contribution in [0.1, 0.15) is 22.5 Å². The first-order valence-corrected chi connectivity index (χ1v) is 6.75. The summed E-state index contributed by atoms with van der Waals surface area (Å²) < 4.78 is 0. The summed E-state index contributed by atoms with van der Waals surface area (Å²) in [7, 11) is 0. The Morgan fingerprint density at radius 1 is 1.53 bits per heavy atom. The molecule has 2 fully saturated rings. The van der Waals surface area contributed by atoms with Crippen molar-refractivity contribution >= 4 is 29.2 Å². The first-order valence-electron chi connectivity index (χ1n) is 5.87. The molecule has 2 atom stereocenters. The molecule has 3 heterocycles. The summed E-state index contributed by atoms with van der Waals surface area (Å²) in [6.45, 7) is 1.71. The van der Waals surface area contributed by atoms with E-state index >= 15 is 0 Å². The van der Waals surface area contributed by atoms with Gasteiger partial charge in [0.05, 0.1) is 16.8 Å². The van der Waals surface area contributed by atoms with Crippen molar-refractivity contribution in [3.05, 3.63) is 16.3 Å². The zero-order valence-corrected chi connectivity index (χ0v) is 10.2. The van der Waals surface area contributed by atoms with Crippen LogP contribution in [-0.4, -0.2) is 31.3 Å². The second-order valence-electron chi connectivity index (χ2n) is 4.58. The number of carbonyl (C=O) groups is 2. The third-order valence-electron chi connectivity index (χ3n) is 3.65. The molecular weight excluding hydrogens is 236 g/mol. The maximum Gasteiger partial charge on any atom is 0.225 e. The van der Waals surface area contributed by atoms with Gasteiger partial charge in [-0.2, -0.15) is 0 Å². The molecule has 3 rings (SSSR count). The molecule has 1 amide bonds. The Labute approximate surface area is 104 Å². The maximum atomic E-state index is 11.7. The lowest BCUT2D eigenvalue weighted by molar-refractivity contribution is -0.122. The minimum Gasteiger partial charge on any atom is -0.365 e. The molecule has 1 aromatic heterocycles. The Bertz CT molecular complexity index is 457. The molecule has 0 aromatic carbocycles. The number of aldehydes is 1. The van der Waals surface area contributed by atoms with Crippen molar-refractivity contribution in [2.24, 2.45) is 5.92 Å². The van der Waals surface area contributed by atoms with Gasteiger partial charge in [0.1, 0.15) is 0 Å². The molecule has 0 saturated carbocycles. The normalized spacial score (nSPS) is 27.8. The van der Waals surface area contributed by atoms with Crippen molar-refractivity contribution in [3.63, 3.8) is 0 Å². The third kappa shape index (κ3) is 1.74. The lowest BCUT2D eigenvalue weighted by Crippen LogP contribution is -2.45. The molecule has 4 nitrogen and oxygen atoms in total. The molecule has 0 bridgehead atoms. The van der Waals surface area contributed by atoms with Crippen molar-refractivity contribution in [3.8, 4) is 0 Å². The minimum atomic E-state index is 0.128. The molecule has 0 spiro atoms. The van der Waals surface area contributed by atoms with E-state index < -0.39 is 0 Å². The van der Waals surface area contributed by atoms with E-state index in [0.717, 1.165) is 42.8 Å². The highest BCUT2D eigenvalue weighted by Gasteiger charge is 2.40. The summed E-state index contributed by atoms with van der Waals surface area (Å²) >= 11 is 1.46. The van der Waals surface area contributed by atoms with Gasteiger partial charge in [-0.05, 0) is 18.9 Å². The molecule has 90 valence electrons. The van der Waals surface area contributed by atoms with E-state index in [1.54, 1.807) is 0 Å².